The van der Waals surface area contributed by atoms with Crippen molar-refractivity contribution in [2.75, 3.05) is 7.11 Å². The molecule has 0 spiro atoms. The number of halogens is 1. The molecule has 0 aliphatic carbocycles. The molecule has 4 nitrogen and oxygen atoms in total. The van der Waals surface area contributed by atoms with Crippen LogP contribution in [0.5, 0.6) is 0 Å². The molecule has 88 valence electrons. The number of rotatable bonds is 3. The lowest BCUT2D eigenvalue weighted by Gasteiger charge is -2.04. The molecular weight excluding hydrogens is 302 g/mol. The smallest absolute Gasteiger partial charge is 0.157 e. The van der Waals surface area contributed by atoms with Gasteiger partial charge in [0.25, 0.3) is 0 Å². The van der Waals surface area contributed by atoms with Gasteiger partial charge < -0.3 is 9.72 Å². The second-order valence-corrected chi connectivity index (χ2v) is 4.72. The minimum atomic E-state index is 0.468. The lowest BCUT2D eigenvalue weighted by Crippen LogP contribution is -1.98. The Balaban J connectivity index is 2.44. The summed E-state index contributed by atoms with van der Waals surface area (Å²) in [5, 5.41) is 0. The fraction of sp³-hybridized carbons (Fsp3) is 0.182. The number of nitrogens with zero attached hydrogens (tertiary/aromatic N) is 2. The lowest BCUT2D eigenvalue weighted by atomic mass is 10.3. The molecule has 0 aromatic carbocycles. The molecule has 0 aliphatic rings. The topological polar surface area (TPSA) is 50.8 Å². The first-order valence-electron chi connectivity index (χ1n) is 4.90. The number of methoxy groups -OCH3 is 1. The van der Waals surface area contributed by atoms with Crippen LogP contribution in [-0.4, -0.2) is 22.1 Å². The monoisotopic (exact) mass is 311 g/mol. The average Bonchev–Trinajstić information content (AvgIpc) is 2.29. The van der Waals surface area contributed by atoms with Gasteiger partial charge in [-0.1, -0.05) is 12.2 Å². The number of pyridine rings is 1. The van der Waals surface area contributed by atoms with Crippen molar-refractivity contribution in [1.29, 1.82) is 0 Å². The Labute approximate surface area is 112 Å². The van der Waals surface area contributed by atoms with Gasteiger partial charge in [-0.2, -0.15) is 0 Å². The first-order chi connectivity index (χ1) is 8.19. The maximum Gasteiger partial charge on any atom is 0.157 e. The molecule has 0 radical (unpaired) electrons. The zero-order chi connectivity index (χ0) is 12.3. The molecule has 2 heterocycles. The van der Waals surface area contributed by atoms with Crippen LogP contribution in [0.25, 0.3) is 11.5 Å². The van der Waals surface area contributed by atoms with Gasteiger partial charge in [0, 0.05) is 23.5 Å². The molecule has 6 heteroatoms. The molecule has 0 atom stereocenters. The molecule has 2 aromatic heterocycles. The minimum absolute atomic E-state index is 0.468. The first kappa shape index (κ1) is 12.3. The van der Waals surface area contributed by atoms with Crippen molar-refractivity contribution in [3.63, 3.8) is 0 Å². The third kappa shape index (κ3) is 3.18. The molecule has 2 rings (SSSR count). The molecule has 17 heavy (non-hydrogen) atoms. The predicted molar refractivity (Wildman–Crippen MR) is 71.1 cm³/mol. The van der Waals surface area contributed by atoms with E-state index < -0.39 is 0 Å². The largest absolute Gasteiger partial charge is 0.378 e. The summed E-state index contributed by atoms with van der Waals surface area (Å²) in [6, 6.07) is 5.55. The summed E-state index contributed by atoms with van der Waals surface area (Å²) in [5.41, 5.74) is 1.63. The van der Waals surface area contributed by atoms with E-state index in [9.17, 15) is 0 Å². The van der Waals surface area contributed by atoms with Gasteiger partial charge in [-0.3, -0.25) is 4.98 Å². The van der Waals surface area contributed by atoms with Crippen LogP contribution < -0.4 is 0 Å². The summed E-state index contributed by atoms with van der Waals surface area (Å²) < 4.78 is 6.51. The SMILES string of the molecule is COCc1cc(=S)nc(-c2ccc(Br)cn2)[nH]1. The molecule has 1 N–H and O–H groups in total. The quantitative estimate of drug-likeness (QED) is 0.885. The summed E-state index contributed by atoms with van der Waals surface area (Å²) in [6.45, 7) is 0.468. The van der Waals surface area contributed by atoms with Crippen molar-refractivity contribution in [2.24, 2.45) is 0 Å². The average molecular weight is 312 g/mol. The van der Waals surface area contributed by atoms with Crippen LogP contribution in [0, 0.1) is 4.64 Å². The van der Waals surface area contributed by atoms with Crippen molar-refractivity contribution >= 4 is 28.1 Å². The van der Waals surface area contributed by atoms with Crippen molar-refractivity contribution in [3.8, 4) is 11.5 Å². The van der Waals surface area contributed by atoms with Gasteiger partial charge in [0.05, 0.1) is 6.61 Å². The highest BCUT2D eigenvalue weighted by molar-refractivity contribution is 9.10. The predicted octanol–water partition coefficient (Wildman–Crippen LogP) is 3.11. The number of aromatic amines is 1. The molecule has 0 aliphatic heterocycles. The maximum absolute atomic E-state index is 5.10. The molecule has 0 bridgehead atoms. The molecule has 0 saturated heterocycles. The molecule has 0 fully saturated rings. The van der Waals surface area contributed by atoms with E-state index >= 15 is 0 Å². The number of aromatic nitrogens is 3. The highest BCUT2D eigenvalue weighted by atomic mass is 79.9. The van der Waals surface area contributed by atoms with Crippen molar-refractivity contribution in [3.05, 3.63) is 39.2 Å². The van der Waals surface area contributed by atoms with Crippen LogP contribution in [0.2, 0.25) is 0 Å². The van der Waals surface area contributed by atoms with Crippen molar-refractivity contribution in [2.45, 2.75) is 6.61 Å². The fourth-order valence-corrected chi connectivity index (χ4v) is 1.85. The zero-order valence-corrected chi connectivity index (χ0v) is 11.5. The van der Waals surface area contributed by atoms with Gasteiger partial charge in [-0.15, -0.1) is 0 Å². The Morgan fingerprint density at radius 2 is 2.29 bits per heavy atom. The zero-order valence-electron chi connectivity index (χ0n) is 9.11. The molecule has 0 saturated carbocycles. The Morgan fingerprint density at radius 3 is 2.94 bits per heavy atom. The van der Waals surface area contributed by atoms with Gasteiger partial charge in [-0.25, -0.2) is 4.98 Å². The van der Waals surface area contributed by atoms with E-state index in [1.54, 1.807) is 19.4 Å². The summed E-state index contributed by atoms with van der Waals surface area (Å²) in [4.78, 5) is 11.6. The fourth-order valence-electron chi connectivity index (χ4n) is 1.38. The number of hydrogen-bond donors (Lipinski definition) is 1. The standard InChI is InChI=1S/C11H10BrN3OS/c1-16-6-8-4-10(17)15-11(14-8)9-3-2-7(12)5-13-9/h2-5H,6H2,1H3,(H,14,15,17). The van der Waals surface area contributed by atoms with Gasteiger partial charge >= 0.3 is 0 Å². The van der Waals surface area contributed by atoms with Crippen molar-refractivity contribution in [1.82, 2.24) is 15.0 Å². The Morgan fingerprint density at radius 1 is 1.47 bits per heavy atom. The van der Waals surface area contributed by atoms with Gasteiger partial charge in [-0.05, 0) is 34.1 Å². The number of H-pyrrole nitrogens is 1. The van der Waals surface area contributed by atoms with E-state index in [4.69, 9.17) is 17.0 Å². The van der Waals surface area contributed by atoms with E-state index in [0.29, 0.717) is 17.1 Å². The van der Waals surface area contributed by atoms with E-state index in [2.05, 4.69) is 30.9 Å². The maximum atomic E-state index is 5.10. The Bertz CT molecular complexity index is 568. The Hall–Kier alpha value is -1.11. The minimum Gasteiger partial charge on any atom is -0.378 e. The lowest BCUT2D eigenvalue weighted by molar-refractivity contribution is 0.181. The summed E-state index contributed by atoms with van der Waals surface area (Å²) >= 11 is 8.44. The van der Waals surface area contributed by atoms with Crippen LogP contribution in [-0.2, 0) is 11.3 Å². The number of hydrogen-bond acceptors (Lipinski definition) is 4. The number of nitrogens with one attached hydrogen (secondary N) is 1. The second kappa shape index (κ2) is 5.48. The highest BCUT2D eigenvalue weighted by Crippen LogP contribution is 2.15. The molecule has 0 amide bonds. The van der Waals surface area contributed by atoms with Crippen LogP contribution in [0.4, 0.5) is 0 Å². The van der Waals surface area contributed by atoms with E-state index in [1.165, 1.54) is 0 Å². The van der Waals surface area contributed by atoms with Crippen LogP contribution in [0.3, 0.4) is 0 Å². The van der Waals surface area contributed by atoms with E-state index in [-0.39, 0.29) is 0 Å². The second-order valence-electron chi connectivity index (χ2n) is 3.39. The van der Waals surface area contributed by atoms with Crippen LogP contribution in [0.15, 0.2) is 28.9 Å². The first-order valence-corrected chi connectivity index (χ1v) is 6.10. The van der Waals surface area contributed by atoms with Gasteiger partial charge in [0.15, 0.2) is 5.82 Å². The van der Waals surface area contributed by atoms with E-state index in [0.717, 1.165) is 15.9 Å². The van der Waals surface area contributed by atoms with Crippen molar-refractivity contribution < 1.29 is 4.74 Å². The summed E-state index contributed by atoms with van der Waals surface area (Å²) in [7, 11) is 1.63. The third-order valence-electron chi connectivity index (χ3n) is 2.07. The van der Waals surface area contributed by atoms with Gasteiger partial charge in [0.2, 0.25) is 0 Å². The Kier molecular flexibility index (Phi) is 3.98. The molecule has 0 unspecified atom stereocenters. The number of ether oxygens (including phenoxy) is 1. The molecular formula is C11H10BrN3OS. The van der Waals surface area contributed by atoms with Crippen LogP contribution >= 0.6 is 28.1 Å². The van der Waals surface area contributed by atoms with Gasteiger partial charge in [0.1, 0.15) is 10.3 Å². The summed E-state index contributed by atoms with van der Waals surface area (Å²) in [5.74, 6) is 0.650. The van der Waals surface area contributed by atoms with Crippen LogP contribution in [0.1, 0.15) is 5.69 Å². The van der Waals surface area contributed by atoms with E-state index in [1.807, 2.05) is 12.1 Å². The third-order valence-corrected chi connectivity index (χ3v) is 2.75. The normalized spacial score (nSPS) is 10.5. The summed E-state index contributed by atoms with van der Waals surface area (Å²) in [6.07, 6.45) is 1.72. The highest BCUT2D eigenvalue weighted by Gasteiger charge is 2.03. The molecule has 2 aromatic rings.